The molecule has 3 aromatic rings. The molecule has 1 N–H and O–H groups in total. The lowest BCUT2D eigenvalue weighted by Gasteiger charge is -2.20. The van der Waals surface area contributed by atoms with Crippen molar-refractivity contribution in [3.05, 3.63) is 71.1 Å². The first kappa shape index (κ1) is 25.6. The molecule has 0 aliphatic carbocycles. The van der Waals surface area contributed by atoms with E-state index in [4.69, 9.17) is 4.74 Å². The summed E-state index contributed by atoms with van der Waals surface area (Å²) in [6, 6.07) is 17.0. The zero-order valence-electron chi connectivity index (χ0n) is 19.4. The number of methoxy groups -OCH3 is 1. The number of amides is 1. The summed E-state index contributed by atoms with van der Waals surface area (Å²) in [4.78, 5) is 26.4. The van der Waals surface area contributed by atoms with Gasteiger partial charge >= 0.3 is 5.97 Å². The van der Waals surface area contributed by atoms with E-state index >= 15 is 0 Å². The number of thiophene rings is 1. The number of carbonyl (C=O) groups excluding carboxylic acids is 2. The Morgan fingerprint density at radius 1 is 1.03 bits per heavy atom. The van der Waals surface area contributed by atoms with Crippen LogP contribution in [0, 0.1) is 0 Å². The highest BCUT2D eigenvalue weighted by molar-refractivity contribution is 7.89. The molecule has 1 amide bonds. The summed E-state index contributed by atoms with van der Waals surface area (Å²) in [6.45, 7) is 4.65. The van der Waals surface area contributed by atoms with E-state index in [9.17, 15) is 18.0 Å². The zero-order chi connectivity index (χ0) is 24.7. The maximum absolute atomic E-state index is 12.9. The fourth-order valence-corrected chi connectivity index (χ4v) is 5.90. The number of rotatable bonds is 10. The largest absolute Gasteiger partial charge is 0.465 e. The molecule has 0 saturated carbocycles. The average Bonchev–Trinajstić information content (AvgIpc) is 3.28. The molecule has 7 nitrogen and oxygen atoms in total. The molecule has 2 aromatic carbocycles. The SMILES string of the molecule is CCCCN(CC)S(=O)(=O)c1ccc(C(=O)Nc2cc(-c3ccccc3)sc2C(=O)OC)cc1. The molecule has 0 unspecified atom stereocenters. The van der Waals surface area contributed by atoms with Crippen LogP contribution in [0.15, 0.2) is 65.6 Å². The van der Waals surface area contributed by atoms with E-state index in [1.54, 1.807) is 13.0 Å². The van der Waals surface area contributed by atoms with Crippen molar-refractivity contribution < 1.29 is 22.7 Å². The molecule has 0 aliphatic heterocycles. The Bertz CT molecular complexity index is 1240. The van der Waals surface area contributed by atoms with Crippen LogP contribution >= 0.6 is 11.3 Å². The Hall–Kier alpha value is -3.01. The quantitative estimate of drug-likeness (QED) is 0.383. The lowest BCUT2D eigenvalue weighted by Crippen LogP contribution is -2.31. The Kier molecular flexibility index (Phi) is 8.60. The monoisotopic (exact) mass is 500 g/mol. The van der Waals surface area contributed by atoms with Crippen molar-refractivity contribution in [3.63, 3.8) is 0 Å². The summed E-state index contributed by atoms with van der Waals surface area (Å²) >= 11 is 1.23. The predicted molar refractivity (Wildman–Crippen MR) is 135 cm³/mol. The van der Waals surface area contributed by atoms with Gasteiger partial charge in [-0.05, 0) is 42.3 Å². The number of benzene rings is 2. The van der Waals surface area contributed by atoms with Gasteiger partial charge in [-0.25, -0.2) is 13.2 Å². The lowest BCUT2D eigenvalue weighted by molar-refractivity contribution is 0.0607. The maximum Gasteiger partial charge on any atom is 0.350 e. The number of anilines is 1. The molecule has 0 spiro atoms. The molecule has 180 valence electrons. The van der Waals surface area contributed by atoms with E-state index in [1.165, 1.54) is 47.0 Å². The van der Waals surface area contributed by atoms with E-state index in [2.05, 4.69) is 5.32 Å². The van der Waals surface area contributed by atoms with Crippen LogP contribution in [-0.2, 0) is 14.8 Å². The van der Waals surface area contributed by atoms with Crippen molar-refractivity contribution in [2.75, 3.05) is 25.5 Å². The van der Waals surface area contributed by atoms with Gasteiger partial charge < -0.3 is 10.1 Å². The minimum Gasteiger partial charge on any atom is -0.465 e. The van der Waals surface area contributed by atoms with Crippen LogP contribution in [-0.4, -0.2) is 44.8 Å². The lowest BCUT2D eigenvalue weighted by atomic mass is 10.2. The molecule has 0 fully saturated rings. The highest BCUT2D eigenvalue weighted by Gasteiger charge is 2.24. The van der Waals surface area contributed by atoms with Gasteiger partial charge in [0.15, 0.2) is 0 Å². The molecule has 0 radical (unpaired) electrons. The average molecular weight is 501 g/mol. The van der Waals surface area contributed by atoms with E-state index < -0.39 is 21.9 Å². The second-order valence-electron chi connectivity index (χ2n) is 7.54. The fraction of sp³-hybridized carbons (Fsp3) is 0.280. The van der Waals surface area contributed by atoms with Crippen LogP contribution in [0.4, 0.5) is 5.69 Å². The normalized spacial score (nSPS) is 11.4. The first-order chi connectivity index (χ1) is 16.3. The van der Waals surface area contributed by atoms with Gasteiger partial charge in [0.2, 0.25) is 10.0 Å². The van der Waals surface area contributed by atoms with Gasteiger partial charge in [0.05, 0.1) is 17.7 Å². The van der Waals surface area contributed by atoms with Crippen molar-refractivity contribution in [2.24, 2.45) is 0 Å². The number of sulfonamides is 1. The maximum atomic E-state index is 12.9. The summed E-state index contributed by atoms with van der Waals surface area (Å²) in [7, 11) is -2.34. The fourth-order valence-electron chi connectivity index (χ4n) is 3.38. The number of unbranched alkanes of at least 4 members (excludes halogenated alkanes) is 1. The molecular formula is C25H28N2O5S2. The topological polar surface area (TPSA) is 92.8 Å². The van der Waals surface area contributed by atoms with Gasteiger partial charge in [0, 0.05) is 23.5 Å². The Morgan fingerprint density at radius 3 is 2.29 bits per heavy atom. The highest BCUT2D eigenvalue weighted by Crippen LogP contribution is 2.35. The van der Waals surface area contributed by atoms with Crippen molar-refractivity contribution in [2.45, 2.75) is 31.6 Å². The third kappa shape index (κ3) is 5.72. The van der Waals surface area contributed by atoms with Crippen molar-refractivity contribution in [3.8, 4) is 10.4 Å². The van der Waals surface area contributed by atoms with Gasteiger partial charge in [0.25, 0.3) is 5.91 Å². The number of carbonyl (C=O) groups is 2. The smallest absolute Gasteiger partial charge is 0.350 e. The third-order valence-electron chi connectivity index (χ3n) is 5.28. The van der Waals surface area contributed by atoms with Crippen molar-refractivity contribution >= 4 is 38.9 Å². The number of ether oxygens (including phenoxy) is 1. The molecule has 1 heterocycles. The molecule has 0 aliphatic rings. The van der Waals surface area contributed by atoms with Crippen LogP contribution in [0.2, 0.25) is 0 Å². The number of nitrogens with zero attached hydrogens (tertiary/aromatic N) is 1. The van der Waals surface area contributed by atoms with Crippen LogP contribution < -0.4 is 5.32 Å². The summed E-state index contributed by atoms with van der Waals surface area (Å²) < 4.78 is 32.1. The number of hydrogen-bond acceptors (Lipinski definition) is 6. The minimum absolute atomic E-state index is 0.138. The molecule has 9 heteroatoms. The van der Waals surface area contributed by atoms with Gasteiger partial charge in [0.1, 0.15) is 4.88 Å². The second kappa shape index (κ2) is 11.4. The molecule has 0 bridgehead atoms. The number of hydrogen-bond donors (Lipinski definition) is 1. The molecule has 3 rings (SSSR count). The third-order valence-corrected chi connectivity index (χ3v) is 8.43. The first-order valence-electron chi connectivity index (χ1n) is 11.0. The molecule has 1 aromatic heterocycles. The summed E-state index contributed by atoms with van der Waals surface area (Å²) in [6.07, 6.45) is 1.68. The van der Waals surface area contributed by atoms with Gasteiger partial charge in [-0.15, -0.1) is 11.3 Å². The Morgan fingerprint density at radius 2 is 1.71 bits per heavy atom. The summed E-state index contributed by atoms with van der Waals surface area (Å²) in [5.41, 5.74) is 1.53. The second-order valence-corrected chi connectivity index (χ2v) is 10.5. The van der Waals surface area contributed by atoms with Crippen LogP contribution in [0.1, 0.15) is 46.7 Å². The van der Waals surface area contributed by atoms with E-state index in [1.807, 2.05) is 37.3 Å². The van der Waals surface area contributed by atoms with Crippen molar-refractivity contribution in [1.29, 1.82) is 0 Å². The van der Waals surface area contributed by atoms with Gasteiger partial charge in [-0.3, -0.25) is 4.79 Å². The van der Waals surface area contributed by atoms with Gasteiger partial charge in [-0.1, -0.05) is 50.6 Å². The zero-order valence-corrected chi connectivity index (χ0v) is 21.0. The van der Waals surface area contributed by atoms with E-state index in [0.29, 0.717) is 18.8 Å². The first-order valence-corrected chi connectivity index (χ1v) is 13.3. The summed E-state index contributed by atoms with van der Waals surface area (Å²) in [5.74, 6) is -1.000. The number of esters is 1. The van der Waals surface area contributed by atoms with Crippen LogP contribution in [0.5, 0.6) is 0 Å². The van der Waals surface area contributed by atoms with Crippen LogP contribution in [0.3, 0.4) is 0 Å². The van der Waals surface area contributed by atoms with E-state index in [-0.39, 0.29) is 15.3 Å². The molecule has 0 saturated heterocycles. The van der Waals surface area contributed by atoms with E-state index in [0.717, 1.165) is 23.3 Å². The Labute approximate surface area is 204 Å². The highest BCUT2D eigenvalue weighted by atomic mass is 32.2. The molecular weight excluding hydrogens is 472 g/mol. The molecule has 34 heavy (non-hydrogen) atoms. The minimum atomic E-state index is -3.63. The Balaban J connectivity index is 1.83. The van der Waals surface area contributed by atoms with Gasteiger partial charge in [-0.2, -0.15) is 4.31 Å². The standard InChI is InChI=1S/C25H28N2O5S2/c1-4-6-16-27(5-2)34(30,31)20-14-12-19(13-15-20)24(28)26-21-17-22(18-10-8-7-9-11-18)33-23(21)25(29)32-3/h7-15,17H,4-6,16H2,1-3H3,(H,26,28). The molecule has 0 atom stereocenters. The van der Waals surface area contributed by atoms with Crippen LogP contribution in [0.25, 0.3) is 10.4 Å². The van der Waals surface area contributed by atoms with Crippen molar-refractivity contribution in [1.82, 2.24) is 4.31 Å². The summed E-state index contributed by atoms with van der Waals surface area (Å²) in [5, 5.41) is 2.76. The predicted octanol–water partition coefficient (Wildman–Crippen LogP) is 5.26. The number of nitrogens with one attached hydrogen (secondary N) is 1.